The number of anilines is 1. The largest absolute Gasteiger partial charge is 0.280 e. The summed E-state index contributed by atoms with van der Waals surface area (Å²) in [5.41, 5.74) is 3.75. The molecule has 0 heterocycles. The third kappa shape index (κ3) is 3.96. The number of para-hydroxylation sites is 1. The van der Waals surface area contributed by atoms with Gasteiger partial charge in [-0.15, -0.1) is 0 Å². The Labute approximate surface area is 120 Å². The maximum absolute atomic E-state index is 11.9. The standard InChI is InChI=1S/C16H17NO2S/c1-13-8-9-15(12-14(13)2)10-11-20(18,19)17-16-6-4-3-5-7-16/h3-12,17H,1-2H3. The van der Waals surface area contributed by atoms with Crippen molar-refractivity contribution in [2.45, 2.75) is 13.8 Å². The van der Waals surface area contributed by atoms with Crippen LogP contribution in [0.1, 0.15) is 16.7 Å². The Hall–Kier alpha value is -2.07. The van der Waals surface area contributed by atoms with Gasteiger partial charge in [0.25, 0.3) is 10.0 Å². The first-order valence-electron chi connectivity index (χ1n) is 6.29. The van der Waals surface area contributed by atoms with Gasteiger partial charge in [-0.3, -0.25) is 4.72 Å². The molecule has 2 rings (SSSR count). The third-order valence-electron chi connectivity index (χ3n) is 3.00. The average molecular weight is 287 g/mol. The topological polar surface area (TPSA) is 46.2 Å². The smallest absolute Gasteiger partial charge is 0.255 e. The highest BCUT2D eigenvalue weighted by molar-refractivity contribution is 7.95. The minimum absolute atomic E-state index is 0.553. The molecule has 104 valence electrons. The van der Waals surface area contributed by atoms with Gasteiger partial charge in [-0.25, -0.2) is 8.42 Å². The zero-order valence-electron chi connectivity index (χ0n) is 11.5. The lowest BCUT2D eigenvalue weighted by Gasteiger charge is -2.04. The fourth-order valence-corrected chi connectivity index (χ4v) is 2.61. The van der Waals surface area contributed by atoms with Gasteiger partial charge in [0.05, 0.1) is 5.41 Å². The van der Waals surface area contributed by atoms with E-state index in [9.17, 15) is 8.42 Å². The summed E-state index contributed by atoms with van der Waals surface area (Å²) in [6.07, 6.45) is 1.59. The second-order valence-electron chi connectivity index (χ2n) is 4.66. The van der Waals surface area contributed by atoms with Crippen molar-refractivity contribution in [2.24, 2.45) is 0 Å². The van der Waals surface area contributed by atoms with Crippen LogP contribution >= 0.6 is 0 Å². The highest BCUT2D eigenvalue weighted by Crippen LogP contribution is 2.13. The summed E-state index contributed by atoms with van der Waals surface area (Å²) in [6.45, 7) is 4.03. The van der Waals surface area contributed by atoms with E-state index in [0.717, 1.165) is 11.1 Å². The second kappa shape index (κ2) is 5.92. The Balaban J connectivity index is 2.15. The van der Waals surface area contributed by atoms with Crippen LogP contribution in [0.25, 0.3) is 6.08 Å². The first kappa shape index (κ1) is 14.3. The fraction of sp³-hybridized carbons (Fsp3) is 0.125. The number of sulfonamides is 1. The lowest BCUT2D eigenvalue weighted by Crippen LogP contribution is -2.08. The third-order valence-corrected chi connectivity index (χ3v) is 4.02. The van der Waals surface area contributed by atoms with Crippen molar-refractivity contribution in [3.8, 4) is 0 Å². The molecule has 0 spiro atoms. The van der Waals surface area contributed by atoms with Gasteiger partial charge in [0.1, 0.15) is 0 Å². The zero-order valence-corrected chi connectivity index (χ0v) is 12.3. The summed E-state index contributed by atoms with van der Waals surface area (Å²) in [6, 6.07) is 14.7. The minimum atomic E-state index is -3.49. The van der Waals surface area contributed by atoms with E-state index in [2.05, 4.69) is 4.72 Å². The van der Waals surface area contributed by atoms with Gasteiger partial charge in [0, 0.05) is 5.69 Å². The first-order chi connectivity index (χ1) is 9.46. The average Bonchev–Trinajstić information content (AvgIpc) is 2.41. The van der Waals surface area contributed by atoms with Crippen molar-refractivity contribution < 1.29 is 8.42 Å². The SMILES string of the molecule is Cc1ccc(C=CS(=O)(=O)Nc2ccccc2)cc1C. The molecule has 0 amide bonds. The fourth-order valence-electron chi connectivity index (χ4n) is 1.74. The predicted octanol–water partition coefficient (Wildman–Crippen LogP) is 3.72. The van der Waals surface area contributed by atoms with Crippen molar-refractivity contribution in [3.63, 3.8) is 0 Å². The van der Waals surface area contributed by atoms with E-state index in [1.165, 1.54) is 11.0 Å². The van der Waals surface area contributed by atoms with E-state index >= 15 is 0 Å². The van der Waals surface area contributed by atoms with Gasteiger partial charge in [0.2, 0.25) is 0 Å². The molecule has 0 radical (unpaired) electrons. The molecule has 2 aromatic carbocycles. The predicted molar refractivity (Wildman–Crippen MR) is 83.9 cm³/mol. The molecular weight excluding hydrogens is 270 g/mol. The normalized spacial score (nSPS) is 11.7. The van der Waals surface area contributed by atoms with E-state index in [0.29, 0.717) is 5.69 Å². The number of aryl methyl sites for hydroxylation is 2. The van der Waals surface area contributed by atoms with Gasteiger partial charge in [-0.1, -0.05) is 36.4 Å². The number of rotatable bonds is 4. The van der Waals surface area contributed by atoms with Crippen LogP contribution in [0.3, 0.4) is 0 Å². The van der Waals surface area contributed by atoms with Crippen molar-refractivity contribution >= 4 is 21.8 Å². The summed E-state index contributed by atoms with van der Waals surface area (Å²) >= 11 is 0. The number of hydrogen-bond acceptors (Lipinski definition) is 2. The van der Waals surface area contributed by atoms with Crippen molar-refractivity contribution in [2.75, 3.05) is 4.72 Å². The van der Waals surface area contributed by atoms with Gasteiger partial charge in [-0.2, -0.15) is 0 Å². The summed E-state index contributed by atoms with van der Waals surface area (Å²) in [5.74, 6) is 0. The molecule has 1 N–H and O–H groups in total. The Morgan fingerprint density at radius 3 is 2.30 bits per heavy atom. The van der Waals surface area contributed by atoms with Gasteiger partial charge >= 0.3 is 0 Å². The summed E-state index contributed by atoms with van der Waals surface area (Å²) in [5, 5.41) is 1.18. The van der Waals surface area contributed by atoms with E-state index in [4.69, 9.17) is 0 Å². The molecule has 4 heteroatoms. The van der Waals surface area contributed by atoms with Crippen LogP contribution in [0.2, 0.25) is 0 Å². The lowest BCUT2D eigenvalue weighted by atomic mass is 10.1. The molecule has 0 fully saturated rings. The van der Waals surface area contributed by atoms with Crippen LogP contribution in [-0.4, -0.2) is 8.42 Å². The number of nitrogens with one attached hydrogen (secondary N) is 1. The lowest BCUT2D eigenvalue weighted by molar-refractivity contribution is 0.609. The quantitative estimate of drug-likeness (QED) is 0.931. The molecule has 20 heavy (non-hydrogen) atoms. The van der Waals surface area contributed by atoms with Crippen molar-refractivity contribution in [1.82, 2.24) is 0 Å². The molecular formula is C16H17NO2S. The summed E-state index contributed by atoms with van der Waals surface area (Å²) in [4.78, 5) is 0. The van der Waals surface area contributed by atoms with Crippen LogP contribution < -0.4 is 4.72 Å². The molecule has 2 aromatic rings. The molecule has 0 atom stereocenters. The minimum Gasteiger partial charge on any atom is -0.280 e. The number of benzene rings is 2. The molecule has 0 aliphatic heterocycles. The van der Waals surface area contributed by atoms with E-state index < -0.39 is 10.0 Å². The second-order valence-corrected chi connectivity index (χ2v) is 6.23. The van der Waals surface area contributed by atoms with Crippen LogP contribution in [-0.2, 0) is 10.0 Å². The first-order valence-corrected chi connectivity index (χ1v) is 7.84. The Morgan fingerprint density at radius 2 is 1.65 bits per heavy atom. The molecule has 0 saturated carbocycles. The highest BCUT2D eigenvalue weighted by atomic mass is 32.2. The van der Waals surface area contributed by atoms with E-state index in [1.54, 1.807) is 30.3 Å². The van der Waals surface area contributed by atoms with E-state index in [-0.39, 0.29) is 0 Å². The van der Waals surface area contributed by atoms with Crippen LogP contribution in [0, 0.1) is 13.8 Å². The summed E-state index contributed by atoms with van der Waals surface area (Å²) < 4.78 is 26.4. The van der Waals surface area contributed by atoms with Crippen molar-refractivity contribution in [3.05, 3.63) is 70.6 Å². The highest BCUT2D eigenvalue weighted by Gasteiger charge is 2.04. The Bertz CT molecular complexity index is 719. The number of hydrogen-bond donors (Lipinski definition) is 1. The summed E-state index contributed by atoms with van der Waals surface area (Å²) in [7, 11) is -3.49. The molecule has 3 nitrogen and oxygen atoms in total. The van der Waals surface area contributed by atoms with Gasteiger partial charge < -0.3 is 0 Å². The van der Waals surface area contributed by atoms with E-state index in [1.807, 2.05) is 38.1 Å². The zero-order chi connectivity index (χ0) is 14.6. The molecule has 0 aromatic heterocycles. The van der Waals surface area contributed by atoms with Crippen molar-refractivity contribution in [1.29, 1.82) is 0 Å². The maximum atomic E-state index is 11.9. The van der Waals surface area contributed by atoms with Gasteiger partial charge in [-0.05, 0) is 48.7 Å². The van der Waals surface area contributed by atoms with Crippen LogP contribution in [0.4, 0.5) is 5.69 Å². The Morgan fingerprint density at radius 1 is 0.950 bits per heavy atom. The van der Waals surface area contributed by atoms with Gasteiger partial charge in [0.15, 0.2) is 0 Å². The molecule has 0 bridgehead atoms. The Kier molecular flexibility index (Phi) is 4.25. The molecule has 0 aliphatic rings. The molecule has 0 unspecified atom stereocenters. The maximum Gasteiger partial charge on any atom is 0.255 e. The van der Waals surface area contributed by atoms with Crippen LogP contribution in [0.15, 0.2) is 53.9 Å². The monoisotopic (exact) mass is 287 g/mol. The van der Waals surface area contributed by atoms with Crippen LogP contribution in [0.5, 0.6) is 0 Å². The molecule has 0 saturated heterocycles. The molecule has 0 aliphatic carbocycles.